The highest BCUT2D eigenvalue weighted by Gasteiger charge is 2.15. The van der Waals surface area contributed by atoms with Gasteiger partial charge < -0.3 is 15.3 Å². The third kappa shape index (κ3) is 4.72. The molecule has 1 aromatic carbocycles. The average molecular weight is 278 g/mol. The van der Waals surface area contributed by atoms with Gasteiger partial charge in [-0.2, -0.15) is 0 Å². The summed E-state index contributed by atoms with van der Waals surface area (Å²) in [5, 5.41) is 11.4. The molecule has 0 aliphatic carbocycles. The van der Waals surface area contributed by atoms with Crippen molar-refractivity contribution < 1.29 is 19.5 Å². The number of nitrogens with zero attached hydrogens (tertiary/aromatic N) is 1. The van der Waals surface area contributed by atoms with Crippen molar-refractivity contribution in [2.24, 2.45) is 0 Å². The monoisotopic (exact) mass is 278 g/mol. The highest BCUT2D eigenvalue weighted by Crippen LogP contribution is 2.20. The number of carbonyl (C=O) groups is 3. The first-order chi connectivity index (χ1) is 9.43. The van der Waals surface area contributed by atoms with Gasteiger partial charge in [0, 0.05) is 31.3 Å². The van der Waals surface area contributed by atoms with Gasteiger partial charge in [-0.15, -0.1) is 0 Å². The van der Waals surface area contributed by atoms with Crippen LogP contribution in [0.1, 0.15) is 26.7 Å². The standard InChI is InChI=1S/C14H18N2O4/c1-3-13(18)16(8-7-14(19)20)12-6-4-5-11(9-12)15-10(2)17/h4-6,9H,3,7-8H2,1-2H3,(H,15,17)(H,19,20). The fourth-order valence-corrected chi connectivity index (χ4v) is 1.75. The lowest BCUT2D eigenvalue weighted by molar-refractivity contribution is -0.136. The Morgan fingerprint density at radius 1 is 1.30 bits per heavy atom. The molecular formula is C14H18N2O4. The van der Waals surface area contributed by atoms with Gasteiger partial charge in [-0.1, -0.05) is 13.0 Å². The maximum Gasteiger partial charge on any atom is 0.305 e. The predicted molar refractivity (Wildman–Crippen MR) is 75.6 cm³/mol. The number of hydrogen-bond acceptors (Lipinski definition) is 3. The second kappa shape index (κ2) is 7.28. The molecule has 0 fully saturated rings. The minimum Gasteiger partial charge on any atom is -0.481 e. The summed E-state index contributed by atoms with van der Waals surface area (Å²) in [6, 6.07) is 6.77. The zero-order valence-electron chi connectivity index (χ0n) is 11.5. The van der Waals surface area contributed by atoms with Gasteiger partial charge in [0.05, 0.1) is 6.42 Å². The van der Waals surface area contributed by atoms with Crippen LogP contribution in [0.3, 0.4) is 0 Å². The second-order valence-electron chi connectivity index (χ2n) is 4.27. The van der Waals surface area contributed by atoms with Crippen molar-refractivity contribution in [1.29, 1.82) is 0 Å². The normalized spacial score (nSPS) is 9.90. The van der Waals surface area contributed by atoms with E-state index in [0.717, 1.165) is 0 Å². The van der Waals surface area contributed by atoms with Crippen molar-refractivity contribution in [3.63, 3.8) is 0 Å². The van der Waals surface area contributed by atoms with E-state index >= 15 is 0 Å². The summed E-state index contributed by atoms with van der Waals surface area (Å²) in [4.78, 5) is 35.0. The maximum absolute atomic E-state index is 11.9. The number of hydrogen-bond donors (Lipinski definition) is 2. The van der Waals surface area contributed by atoms with Crippen LogP contribution in [0.2, 0.25) is 0 Å². The molecule has 1 aromatic rings. The molecule has 0 heterocycles. The number of benzene rings is 1. The third-order valence-electron chi connectivity index (χ3n) is 2.63. The molecule has 2 N–H and O–H groups in total. The first-order valence-electron chi connectivity index (χ1n) is 6.34. The van der Waals surface area contributed by atoms with Crippen LogP contribution >= 0.6 is 0 Å². The lowest BCUT2D eigenvalue weighted by atomic mass is 10.2. The molecule has 0 atom stereocenters. The van der Waals surface area contributed by atoms with E-state index in [1.807, 2.05) is 0 Å². The van der Waals surface area contributed by atoms with Gasteiger partial charge in [0.25, 0.3) is 0 Å². The number of carbonyl (C=O) groups excluding carboxylic acids is 2. The lowest BCUT2D eigenvalue weighted by Crippen LogP contribution is -2.32. The van der Waals surface area contributed by atoms with Crippen LogP contribution in [0.25, 0.3) is 0 Å². The van der Waals surface area contributed by atoms with Crippen LogP contribution in [0, 0.1) is 0 Å². The van der Waals surface area contributed by atoms with E-state index in [1.165, 1.54) is 11.8 Å². The van der Waals surface area contributed by atoms with Crippen molar-refractivity contribution in [2.75, 3.05) is 16.8 Å². The van der Waals surface area contributed by atoms with Crippen LogP contribution < -0.4 is 10.2 Å². The van der Waals surface area contributed by atoms with Gasteiger partial charge in [0.2, 0.25) is 11.8 Å². The number of carboxylic acid groups (broad SMARTS) is 1. The van der Waals surface area contributed by atoms with Gasteiger partial charge in [0.15, 0.2) is 0 Å². The Bertz CT molecular complexity index is 514. The highest BCUT2D eigenvalue weighted by atomic mass is 16.4. The van der Waals surface area contributed by atoms with Crippen molar-refractivity contribution in [1.82, 2.24) is 0 Å². The molecule has 0 saturated heterocycles. The van der Waals surface area contributed by atoms with Crippen LogP contribution in [0.5, 0.6) is 0 Å². The first-order valence-corrected chi connectivity index (χ1v) is 6.34. The molecule has 2 amide bonds. The second-order valence-corrected chi connectivity index (χ2v) is 4.27. The summed E-state index contributed by atoms with van der Waals surface area (Å²) in [5.41, 5.74) is 1.14. The van der Waals surface area contributed by atoms with Crippen LogP contribution in [-0.4, -0.2) is 29.4 Å². The van der Waals surface area contributed by atoms with E-state index in [2.05, 4.69) is 5.32 Å². The minimum atomic E-state index is -0.961. The molecule has 108 valence electrons. The maximum atomic E-state index is 11.9. The Morgan fingerprint density at radius 3 is 2.55 bits per heavy atom. The zero-order valence-corrected chi connectivity index (χ0v) is 11.5. The molecule has 0 aromatic heterocycles. The highest BCUT2D eigenvalue weighted by molar-refractivity contribution is 5.95. The van der Waals surface area contributed by atoms with Gasteiger partial charge in [-0.25, -0.2) is 0 Å². The Kier molecular flexibility index (Phi) is 5.71. The molecule has 0 spiro atoms. The molecule has 20 heavy (non-hydrogen) atoms. The average Bonchev–Trinajstić information content (AvgIpc) is 2.38. The van der Waals surface area contributed by atoms with Crippen LogP contribution in [0.15, 0.2) is 24.3 Å². The Balaban J connectivity index is 2.97. The zero-order chi connectivity index (χ0) is 15.1. The molecule has 1 rings (SSSR count). The summed E-state index contributed by atoms with van der Waals surface area (Å²) in [7, 11) is 0. The number of anilines is 2. The molecule has 6 heteroatoms. The molecular weight excluding hydrogens is 260 g/mol. The Labute approximate surface area is 117 Å². The molecule has 0 aliphatic heterocycles. The van der Waals surface area contributed by atoms with E-state index in [1.54, 1.807) is 31.2 Å². The van der Waals surface area contributed by atoms with Gasteiger partial charge >= 0.3 is 5.97 Å². The summed E-state index contributed by atoms with van der Waals surface area (Å²) >= 11 is 0. The van der Waals surface area contributed by atoms with Crippen molar-refractivity contribution in [2.45, 2.75) is 26.7 Å². The van der Waals surface area contributed by atoms with Gasteiger partial charge in [-0.3, -0.25) is 14.4 Å². The number of carboxylic acids is 1. The number of aliphatic carboxylic acids is 1. The Hall–Kier alpha value is -2.37. The SMILES string of the molecule is CCC(=O)N(CCC(=O)O)c1cccc(NC(C)=O)c1. The third-order valence-corrected chi connectivity index (χ3v) is 2.63. The Morgan fingerprint density at radius 2 is 2.00 bits per heavy atom. The number of nitrogens with one attached hydrogen (secondary N) is 1. The summed E-state index contributed by atoms with van der Waals surface area (Å²) < 4.78 is 0. The molecule has 0 bridgehead atoms. The van der Waals surface area contributed by atoms with Crippen LogP contribution in [-0.2, 0) is 14.4 Å². The van der Waals surface area contributed by atoms with E-state index in [0.29, 0.717) is 11.4 Å². The predicted octanol–water partition coefficient (Wildman–Crippen LogP) is 1.86. The fourth-order valence-electron chi connectivity index (χ4n) is 1.75. The van der Waals surface area contributed by atoms with Crippen molar-refractivity contribution in [3.8, 4) is 0 Å². The molecule has 0 aliphatic rings. The van der Waals surface area contributed by atoms with Crippen LogP contribution in [0.4, 0.5) is 11.4 Å². The van der Waals surface area contributed by atoms with E-state index in [4.69, 9.17) is 5.11 Å². The fraction of sp³-hybridized carbons (Fsp3) is 0.357. The molecule has 6 nitrogen and oxygen atoms in total. The quantitative estimate of drug-likeness (QED) is 0.831. The smallest absolute Gasteiger partial charge is 0.305 e. The molecule has 0 radical (unpaired) electrons. The number of rotatable bonds is 6. The summed E-state index contributed by atoms with van der Waals surface area (Å²) in [6.45, 7) is 3.21. The molecule has 0 unspecified atom stereocenters. The van der Waals surface area contributed by atoms with E-state index in [-0.39, 0.29) is 31.2 Å². The summed E-state index contributed by atoms with van der Waals surface area (Å²) in [5.74, 6) is -1.33. The minimum absolute atomic E-state index is 0.103. The molecule has 0 saturated carbocycles. The van der Waals surface area contributed by atoms with Crippen molar-refractivity contribution in [3.05, 3.63) is 24.3 Å². The van der Waals surface area contributed by atoms with Crippen molar-refractivity contribution >= 4 is 29.2 Å². The lowest BCUT2D eigenvalue weighted by Gasteiger charge is -2.22. The number of amides is 2. The first kappa shape index (κ1) is 15.7. The largest absolute Gasteiger partial charge is 0.481 e. The summed E-state index contributed by atoms with van der Waals surface area (Å²) in [6.07, 6.45) is 0.153. The van der Waals surface area contributed by atoms with Gasteiger partial charge in [-0.05, 0) is 18.2 Å². The van der Waals surface area contributed by atoms with E-state index in [9.17, 15) is 14.4 Å². The van der Waals surface area contributed by atoms with E-state index < -0.39 is 5.97 Å². The van der Waals surface area contributed by atoms with Gasteiger partial charge in [0.1, 0.15) is 0 Å². The topological polar surface area (TPSA) is 86.7 Å².